The van der Waals surface area contributed by atoms with Gasteiger partial charge in [-0.2, -0.15) is 0 Å². The quantitative estimate of drug-likeness (QED) is 0.769. The van der Waals surface area contributed by atoms with Crippen molar-refractivity contribution in [2.75, 3.05) is 13.1 Å². The van der Waals surface area contributed by atoms with Gasteiger partial charge in [-0.3, -0.25) is 4.79 Å². The molecule has 7 nitrogen and oxygen atoms in total. The molecular formula is C12H21N5O2. The molecule has 0 aromatic carbocycles. The molecule has 106 valence electrons. The molecule has 2 rings (SSSR count). The second-order valence-electron chi connectivity index (χ2n) is 5.34. The Kier molecular flexibility index (Phi) is 4.16. The van der Waals surface area contributed by atoms with Gasteiger partial charge >= 0.3 is 0 Å². The molecule has 7 heteroatoms. The molecule has 1 atom stereocenters. The predicted octanol–water partition coefficient (Wildman–Crippen LogP) is -0.500. The van der Waals surface area contributed by atoms with E-state index >= 15 is 0 Å². The minimum Gasteiger partial charge on any atom is -0.390 e. The van der Waals surface area contributed by atoms with Crippen LogP contribution < -0.4 is 5.73 Å². The minimum atomic E-state index is -0.658. The SMILES string of the molecule is CC1(O)CCCN(C(=O)Cn2cc(CN)nn2)CC1. The van der Waals surface area contributed by atoms with E-state index in [2.05, 4.69) is 10.3 Å². The van der Waals surface area contributed by atoms with Gasteiger partial charge in [0.15, 0.2) is 0 Å². The molecule has 2 heterocycles. The maximum atomic E-state index is 12.2. The molecule has 19 heavy (non-hydrogen) atoms. The van der Waals surface area contributed by atoms with Crippen molar-refractivity contribution >= 4 is 5.91 Å². The first-order chi connectivity index (χ1) is 9.00. The Balaban J connectivity index is 1.92. The molecule has 0 bridgehead atoms. The first kappa shape index (κ1) is 14.0. The number of hydrogen-bond donors (Lipinski definition) is 2. The smallest absolute Gasteiger partial charge is 0.244 e. The summed E-state index contributed by atoms with van der Waals surface area (Å²) in [7, 11) is 0. The van der Waals surface area contributed by atoms with Crippen molar-refractivity contribution in [2.24, 2.45) is 5.73 Å². The van der Waals surface area contributed by atoms with Crippen LogP contribution >= 0.6 is 0 Å². The molecule has 3 N–H and O–H groups in total. The molecule has 1 amide bonds. The molecule has 1 aliphatic rings. The number of rotatable bonds is 3. The Hall–Kier alpha value is -1.47. The Labute approximate surface area is 112 Å². The highest BCUT2D eigenvalue weighted by Gasteiger charge is 2.27. The van der Waals surface area contributed by atoms with Crippen LogP contribution in [0.3, 0.4) is 0 Å². The summed E-state index contributed by atoms with van der Waals surface area (Å²) in [4.78, 5) is 13.9. The fourth-order valence-corrected chi connectivity index (χ4v) is 2.26. The summed E-state index contributed by atoms with van der Waals surface area (Å²) in [6.07, 6.45) is 3.86. The van der Waals surface area contributed by atoms with Gasteiger partial charge in [0, 0.05) is 19.6 Å². The molecule has 0 radical (unpaired) electrons. The lowest BCUT2D eigenvalue weighted by Crippen LogP contribution is -2.35. The Bertz CT molecular complexity index is 443. The largest absolute Gasteiger partial charge is 0.390 e. The van der Waals surface area contributed by atoms with Crippen LogP contribution in [0.15, 0.2) is 6.20 Å². The monoisotopic (exact) mass is 267 g/mol. The number of aliphatic hydroxyl groups is 1. The van der Waals surface area contributed by atoms with Gasteiger partial charge in [0.2, 0.25) is 5.91 Å². The number of carbonyl (C=O) groups is 1. The summed E-state index contributed by atoms with van der Waals surface area (Å²) in [6.45, 7) is 3.60. The van der Waals surface area contributed by atoms with Gasteiger partial charge in [-0.05, 0) is 26.2 Å². The van der Waals surface area contributed by atoms with Crippen molar-refractivity contribution in [1.82, 2.24) is 19.9 Å². The third-order valence-electron chi connectivity index (χ3n) is 3.51. The lowest BCUT2D eigenvalue weighted by molar-refractivity contribution is -0.132. The summed E-state index contributed by atoms with van der Waals surface area (Å²) in [5.41, 5.74) is 5.46. The first-order valence-corrected chi connectivity index (χ1v) is 6.59. The maximum Gasteiger partial charge on any atom is 0.244 e. The molecule has 1 fully saturated rings. The lowest BCUT2D eigenvalue weighted by Gasteiger charge is -2.22. The van der Waals surface area contributed by atoms with Gasteiger partial charge in [-0.25, -0.2) is 4.68 Å². The van der Waals surface area contributed by atoms with Gasteiger partial charge in [-0.15, -0.1) is 5.10 Å². The average Bonchev–Trinajstić information content (AvgIpc) is 2.72. The third-order valence-corrected chi connectivity index (χ3v) is 3.51. The molecule has 1 aromatic heterocycles. The van der Waals surface area contributed by atoms with E-state index < -0.39 is 5.60 Å². The van der Waals surface area contributed by atoms with Crippen LogP contribution in [0.2, 0.25) is 0 Å². The average molecular weight is 267 g/mol. The number of amides is 1. The first-order valence-electron chi connectivity index (χ1n) is 6.59. The van der Waals surface area contributed by atoms with Crippen molar-refractivity contribution in [1.29, 1.82) is 0 Å². The number of carbonyl (C=O) groups excluding carboxylic acids is 1. The molecule has 0 saturated carbocycles. The second-order valence-corrected chi connectivity index (χ2v) is 5.34. The Morgan fingerprint density at radius 1 is 1.53 bits per heavy atom. The van der Waals surface area contributed by atoms with Gasteiger partial charge in [-0.1, -0.05) is 5.21 Å². The van der Waals surface area contributed by atoms with E-state index in [0.29, 0.717) is 31.7 Å². The highest BCUT2D eigenvalue weighted by Crippen LogP contribution is 2.21. The van der Waals surface area contributed by atoms with Crippen LogP contribution in [-0.4, -0.2) is 49.6 Å². The van der Waals surface area contributed by atoms with Crippen molar-refractivity contribution in [2.45, 2.75) is 44.9 Å². The second kappa shape index (κ2) is 5.66. The number of nitrogens with zero attached hydrogens (tertiary/aromatic N) is 4. The fourth-order valence-electron chi connectivity index (χ4n) is 2.26. The van der Waals surface area contributed by atoms with Crippen LogP contribution in [0.4, 0.5) is 0 Å². The van der Waals surface area contributed by atoms with E-state index in [9.17, 15) is 9.90 Å². The summed E-state index contributed by atoms with van der Waals surface area (Å²) in [6, 6.07) is 0. The van der Waals surface area contributed by atoms with E-state index in [-0.39, 0.29) is 12.5 Å². The molecule has 1 unspecified atom stereocenters. The molecule has 1 saturated heterocycles. The van der Waals surface area contributed by atoms with Crippen LogP contribution in [0.1, 0.15) is 31.9 Å². The standard InChI is InChI=1S/C12H21N5O2/c1-12(19)3-2-5-16(6-4-12)11(18)9-17-8-10(7-13)14-15-17/h8,19H,2-7,9,13H2,1H3. The summed E-state index contributed by atoms with van der Waals surface area (Å²) < 4.78 is 1.51. The molecule has 1 aliphatic heterocycles. The van der Waals surface area contributed by atoms with Gasteiger partial charge < -0.3 is 15.7 Å². The number of hydrogen-bond acceptors (Lipinski definition) is 5. The minimum absolute atomic E-state index is 0.00571. The van der Waals surface area contributed by atoms with Crippen molar-refractivity contribution in [3.8, 4) is 0 Å². The highest BCUT2D eigenvalue weighted by atomic mass is 16.3. The Morgan fingerprint density at radius 3 is 3.00 bits per heavy atom. The molecule has 1 aromatic rings. The topological polar surface area (TPSA) is 97.3 Å². The number of likely N-dealkylation sites (tertiary alicyclic amines) is 1. The van der Waals surface area contributed by atoms with E-state index in [1.165, 1.54) is 4.68 Å². The highest BCUT2D eigenvalue weighted by molar-refractivity contribution is 5.75. The Morgan fingerprint density at radius 2 is 2.32 bits per heavy atom. The normalized spacial score (nSPS) is 24.3. The number of aromatic nitrogens is 3. The zero-order valence-electron chi connectivity index (χ0n) is 11.2. The summed E-state index contributed by atoms with van der Waals surface area (Å²) in [5, 5.41) is 17.7. The van der Waals surface area contributed by atoms with E-state index in [1.54, 1.807) is 11.1 Å². The van der Waals surface area contributed by atoms with E-state index in [4.69, 9.17) is 5.73 Å². The molecular weight excluding hydrogens is 246 g/mol. The molecule has 0 aliphatic carbocycles. The molecule has 0 spiro atoms. The van der Waals surface area contributed by atoms with Gasteiger partial charge in [0.1, 0.15) is 6.54 Å². The zero-order valence-corrected chi connectivity index (χ0v) is 11.2. The fraction of sp³-hybridized carbons (Fsp3) is 0.750. The van der Waals surface area contributed by atoms with Gasteiger partial charge in [0.25, 0.3) is 0 Å². The maximum absolute atomic E-state index is 12.2. The zero-order chi connectivity index (χ0) is 13.9. The lowest BCUT2D eigenvalue weighted by atomic mass is 9.98. The van der Waals surface area contributed by atoms with E-state index in [1.807, 2.05) is 6.92 Å². The van der Waals surface area contributed by atoms with E-state index in [0.717, 1.165) is 12.8 Å². The summed E-state index contributed by atoms with van der Waals surface area (Å²) in [5.74, 6) is 0.00571. The van der Waals surface area contributed by atoms with Crippen LogP contribution in [0.25, 0.3) is 0 Å². The van der Waals surface area contributed by atoms with Crippen LogP contribution in [0.5, 0.6) is 0 Å². The van der Waals surface area contributed by atoms with Crippen LogP contribution in [-0.2, 0) is 17.9 Å². The van der Waals surface area contributed by atoms with Crippen molar-refractivity contribution < 1.29 is 9.90 Å². The third kappa shape index (κ3) is 3.74. The van der Waals surface area contributed by atoms with Gasteiger partial charge in [0.05, 0.1) is 17.5 Å². The number of nitrogens with two attached hydrogens (primary N) is 1. The van der Waals surface area contributed by atoms with Crippen molar-refractivity contribution in [3.05, 3.63) is 11.9 Å². The summed E-state index contributed by atoms with van der Waals surface area (Å²) >= 11 is 0. The van der Waals surface area contributed by atoms with Crippen LogP contribution in [0, 0.1) is 0 Å². The predicted molar refractivity (Wildman–Crippen MR) is 69.0 cm³/mol. The van der Waals surface area contributed by atoms with Crippen molar-refractivity contribution in [3.63, 3.8) is 0 Å².